The van der Waals surface area contributed by atoms with Crippen LogP contribution in [0.3, 0.4) is 0 Å². The van der Waals surface area contributed by atoms with Crippen molar-refractivity contribution in [1.29, 1.82) is 0 Å². The van der Waals surface area contributed by atoms with Gasteiger partial charge >= 0.3 is 112 Å². The first-order valence-corrected chi connectivity index (χ1v) is 38.4. The fourth-order valence-corrected chi connectivity index (χ4v) is 11.4. The molecule has 6 unspecified atom stereocenters. The molecule has 2 heterocycles. The number of furan rings is 2. The largest absolute Gasteiger partial charge is 0.478 e. The van der Waals surface area contributed by atoms with E-state index in [1.807, 2.05) is 0 Å². The molecule has 39 heteroatoms. The second kappa shape index (κ2) is 51.2. The number of aliphatic hydroxyl groups is 3. The van der Waals surface area contributed by atoms with Crippen molar-refractivity contribution in [3.8, 4) is 0 Å². The third-order valence-corrected chi connectivity index (χ3v) is 18.8. The maximum Gasteiger partial charge on any atom is 0.346 e. The van der Waals surface area contributed by atoms with Crippen molar-refractivity contribution in [2.45, 2.75) is 120 Å². The van der Waals surface area contributed by atoms with Gasteiger partial charge in [-0.15, -0.1) is 0 Å². The Morgan fingerprint density at radius 3 is 0.653 bits per heavy atom. The minimum Gasteiger partial charge on any atom is -0.478 e. The third-order valence-electron chi connectivity index (χ3n) is 18.8. The standard InChI is InChI=1S/C60H66O28.C10H2O6.C9H20O2.C6H10O3/c1-9-31(25-85-57(77)43-22-41(35(47(61)62)19-37(43)49(65)66)55(75)83-15-13-81-53(73)29(5)6)17-33(11-3)27-87-59(79)45-24-46(40(52(71)72)21-39(45)51(69)70)60(80)88-28-34(12-4)18-32(10-2)26-86-58(78)44-23-42(36(48(63)64)20-38(44)50(67)68)56(76)84-16-14-82-54(74)30(7)8;11-7-3-1-4-6(10(14)16-8(4)12)2-5(3)9(13)15-7;1-3-8(6-10)5-9(4-2)7-11;1-5(2)6(8)9-4-3-7/h19-24,31-34H,5,7,9-18,25-28H2,1-4,6,8H3,(H,61,62)(H,63,64)(H,65,66)(H,67,68)(H,69,70)(H,71,72);1-2H;8-11H,3-7H2,1-2H3;7H,1,3-4H2,2H3. The van der Waals surface area contributed by atoms with Gasteiger partial charge in [-0.25, -0.2) is 91.1 Å². The average molecular weight is 1740 g/mol. The van der Waals surface area contributed by atoms with E-state index >= 15 is 0 Å². The van der Waals surface area contributed by atoms with Crippen molar-refractivity contribution in [1.82, 2.24) is 0 Å². The Kier molecular flexibility index (Phi) is 43.1. The topological polar surface area (TPSA) is 616 Å². The fraction of sp³-hybridized carbons (Fsp3) is 0.424. The van der Waals surface area contributed by atoms with E-state index in [1.165, 1.54) is 13.8 Å². The smallest absolute Gasteiger partial charge is 0.346 e. The summed E-state index contributed by atoms with van der Waals surface area (Å²) in [5, 5.41) is 85.3. The normalized spacial score (nSPS) is 12.1. The molecule has 6 aromatic rings. The lowest BCUT2D eigenvalue weighted by molar-refractivity contribution is -0.140. The molecule has 0 spiro atoms. The summed E-state index contributed by atoms with van der Waals surface area (Å²) in [6, 6.07) is 6.08. The molecule has 6 rings (SSSR count). The molecule has 672 valence electrons. The predicted octanol–water partition coefficient (Wildman–Crippen LogP) is 8.35. The summed E-state index contributed by atoms with van der Waals surface area (Å²) < 4.78 is 54.7. The molecule has 0 aliphatic heterocycles. The molecule has 39 nitrogen and oxygen atoms in total. The van der Waals surface area contributed by atoms with Crippen LogP contribution in [-0.2, 0) is 57.0 Å². The first-order chi connectivity index (χ1) is 58.4. The highest BCUT2D eigenvalue weighted by molar-refractivity contribution is 6.12. The number of hydrogen-bond donors (Lipinski definition) is 9. The van der Waals surface area contributed by atoms with E-state index < -0.39 is 242 Å². The molecule has 0 aliphatic rings. The van der Waals surface area contributed by atoms with Crippen molar-refractivity contribution in [2.75, 3.05) is 79.3 Å². The van der Waals surface area contributed by atoms with Crippen molar-refractivity contribution in [3.63, 3.8) is 0 Å². The molecule has 124 heavy (non-hydrogen) atoms. The molecular weight excluding hydrogens is 1640 g/mol. The minimum absolute atomic E-state index is 0.0181. The van der Waals surface area contributed by atoms with Crippen LogP contribution in [0.5, 0.6) is 0 Å². The Labute approximate surface area is 706 Å². The number of aliphatic hydroxyl groups excluding tert-OH is 3. The van der Waals surface area contributed by atoms with E-state index in [0.717, 1.165) is 31.4 Å². The Morgan fingerprint density at radius 1 is 0.282 bits per heavy atom. The van der Waals surface area contributed by atoms with Gasteiger partial charge in [-0.1, -0.05) is 99.8 Å². The predicted molar refractivity (Wildman–Crippen MR) is 431 cm³/mol. The molecule has 0 saturated heterocycles. The molecule has 0 bridgehead atoms. The number of carbonyl (C=O) groups is 15. The highest BCUT2D eigenvalue weighted by Crippen LogP contribution is 2.29. The van der Waals surface area contributed by atoms with Crippen molar-refractivity contribution in [3.05, 3.63) is 193 Å². The first kappa shape index (κ1) is 104. The van der Waals surface area contributed by atoms with Crippen LogP contribution in [0.2, 0.25) is 0 Å². The van der Waals surface area contributed by atoms with E-state index in [0.29, 0.717) is 79.5 Å². The number of carboxylic acids is 6. The zero-order valence-corrected chi connectivity index (χ0v) is 69.3. The molecule has 0 fully saturated rings. The van der Waals surface area contributed by atoms with Crippen LogP contribution in [0.25, 0.3) is 21.5 Å². The van der Waals surface area contributed by atoms with Crippen LogP contribution in [0.15, 0.2) is 113 Å². The summed E-state index contributed by atoms with van der Waals surface area (Å²) in [6.45, 7) is 22.3. The van der Waals surface area contributed by atoms with Crippen LogP contribution in [-0.4, -0.2) is 215 Å². The number of carbonyl (C=O) groups excluding carboxylic acids is 9. The first-order valence-electron chi connectivity index (χ1n) is 38.4. The number of fused-ring (bicyclic) bond motifs is 2. The average Bonchev–Trinajstić information content (AvgIpc) is 1.56. The number of benzene rings is 4. The number of carboxylic acid groups (broad SMARTS) is 6. The highest BCUT2D eigenvalue weighted by Gasteiger charge is 2.33. The highest BCUT2D eigenvalue weighted by atomic mass is 16.6. The van der Waals surface area contributed by atoms with E-state index in [1.54, 1.807) is 34.6 Å². The zero-order valence-electron chi connectivity index (χ0n) is 69.3. The quantitative estimate of drug-likeness (QED) is 0.00750. The fourth-order valence-electron chi connectivity index (χ4n) is 11.4. The van der Waals surface area contributed by atoms with E-state index in [4.69, 9.17) is 53.2 Å². The van der Waals surface area contributed by atoms with Gasteiger partial charge < -0.3 is 97.4 Å². The molecular formula is C85H98O39. The van der Waals surface area contributed by atoms with Gasteiger partial charge in [0.05, 0.1) is 121 Å². The Morgan fingerprint density at radius 2 is 0.468 bits per heavy atom. The summed E-state index contributed by atoms with van der Waals surface area (Å²) >= 11 is 0. The monoisotopic (exact) mass is 1740 g/mol. The number of rotatable bonds is 45. The number of aromatic carboxylic acids is 6. The van der Waals surface area contributed by atoms with Gasteiger partial charge in [0.25, 0.3) is 0 Å². The summed E-state index contributed by atoms with van der Waals surface area (Å²) in [4.78, 5) is 232. The van der Waals surface area contributed by atoms with Gasteiger partial charge in [0.15, 0.2) is 0 Å². The van der Waals surface area contributed by atoms with Gasteiger partial charge in [0.2, 0.25) is 0 Å². The summed E-state index contributed by atoms with van der Waals surface area (Å²) in [7, 11) is 0. The second-order valence-electron chi connectivity index (χ2n) is 27.8. The number of esters is 9. The van der Waals surface area contributed by atoms with Gasteiger partial charge in [0.1, 0.15) is 33.0 Å². The van der Waals surface area contributed by atoms with Crippen LogP contribution < -0.4 is 22.5 Å². The molecule has 4 aromatic carbocycles. The molecule has 6 atom stereocenters. The van der Waals surface area contributed by atoms with Gasteiger partial charge in [0, 0.05) is 29.9 Å². The molecule has 0 aliphatic carbocycles. The Balaban J connectivity index is 0.000000890. The molecule has 0 saturated carbocycles. The SMILES string of the molecule is C=C(C)C(=O)OCCO.C=C(C)C(=O)OCCOC(=O)c1cc(C(=O)OCC(CC)CC(CC)COC(=O)c2cc(C(=O)OCC(CC)CC(CC)COC(=O)c3cc(C(=O)OCCOC(=O)C(=C)C)c(C(=O)O)cc3C(=O)O)c(C(=O)O)cc2C(=O)O)c(C(=O)O)cc1C(=O)O.CCC(CO)CC(CC)CO.O=c1oc(=O)c2cc3c(=O)oc(=O)c3cc12. The second-order valence-corrected chi connectivity index (χ2v) is 27.8. The van der Waals surface area contributed by atoms with Gasteiger partial charge in [-0.2, -0.15) is 0 Å². The lowest BCUT2D eigenvalue weighted by Crippen LogP contribution is -2.24. The van der Waals surface area contributed by atoms with Crippen molar-refractivity contribution in [2.24, 2.45) is 35.5 Å². The molecule has 2 aromatic heterocycles. The maximum absolute atomic E-state index is 13.7. The Hall–Kier alpha value is -13.7. The van der Waals surface area contributed by atoms with E-state index in [2.05, 4.69) is 47.2 Å². The summed E-state index contributed by atoms with van der Waals surface area (Å²) in [5.41, 5.74) is -12.2. The maximum atomic E-state index is 13.7. The summed E-state index contributed by atoms with van der Waals surface area (Å²) in [5.74, 6) is -21.6. The minimum atomic E-state index is -1.77. The van der Waals surface area contributed by atoms with Crippen molar-refractivity contribution < 1.29 is 169 Å². The van der Waals surface area contributed by atoms with Crippen molar-refractivity contribution >= 4 is 111 Å². The number of ether oxygens (including phenoxy) is 9. The van der Waals surface area contributed by atoms with Gasteiger partial charge in [-0.3, -0.25) is 0 Å². The van der Waals surface area contributed by atoms with Crippen LogP contribution >= 0.6 is 0 Å². The third kappa shape index (κ3) is 31.1. The van der Waals surface area contributed by atoms with Crippen LogP contribution in [0, 0.1) is 35.5 Å². The lowest BCUT2D eigenvalue weighted by atomic mass is 9.91. The van der Waals surface area contributed by atoms with E-state index in [-0.39, 0.29) is 85.2 Å². The van der Waals surface area contributed by atoms with Crippen LogP contribution in [0.1, 0.15) is 244 Å². The van der Waals surface area contributed by atoms with Gasteiger partial charge in [-0.05, 0) is 124 Å². The number of hydrogen-bond acceptors (Lipinski definition) is 33. The zero-order chi connectivity index (χ0) is 93.7. The molecule has 0 amide bonds. The van der Waals surface area contributed by atoms with E-state index in [9.17, 15) is 122 Å². The summed E-state index contributed by atoms with van der Waals surface area (Å²) in [6.07, 6.45) is 4.55. The lowest BCUT2D eigenvalue weighted by Gasteiger charge is -2.22. The van der Waals surface area contributed by atoms with Crippen LogP contribution in [0.4, 0.5) is 0 Å². The Bertz CT molecular complexity index is 4800. The molecule has 9 N–H and O–H groups in total. The molecule has 0 radical (unpaired) electrons.